The number of allylic oxidation sites excluding steroid dienone is 1. The van der Waals surface area contributed by atoms with Gasteiger partial charge in [0.05, 0.1) is 0 Å². The largest absolute Gasteiger partial charge is 0.330 e. The predicted molar refractivity (Wildman–Crippen MR) is 56.4 cm³/mol. The number of hydrogen-bond donors (Lipinski definition) is 1. The molecule has 0 saturated heterocycles. The van der Waals surface area contributed by atoms with Gasteiger partial charge in [0.15, 0.2) is 0 Å². The molecular formula is C12H14FN. The summed E-state index contributed by atoms with van der Waals surface area (Å²) in [7, 11) is 0. The molecule has 0 aromatic heterocycles. The maximum atomic E-state index is 13.0. The minimum atomic E-state index is -0.159. The third-order valence-electron chi connectivity index (χ3n) is 2.64. The van der Waals surface area contributed by atoms with Gasteiger partial charge in [0.25, 0.3) is 0 Å². The average molecular weight is 191 g/mol. The number of halogens is 1. The Morgan fingerprint density at radius 2 is 2.21 bits per heavy atom. The molecule has 2 N–H and O–H groups in total. The standard InChI is InChI=1S/C12H14FN/c13-11-5-4-9-2-1-3-10(6-7-14)12(9)8-11/h3-5,8H,1-2,6-7,14H2. The zero-order chi connectivity index (χ0) is 9.97. The van der Waals surface area contributed by atoms with Crippen LogP contribution in [-0.4, -0.2) is 6.54 Å². The molecule has 0 amide bonds. The van der Waals surface area contributed by atoms with E-state index >= 15 is 0 Å². The van der Waals surface area contributed by atoms with Crippen molar-refractivity contribution in [2.75, 3.05) is 6.54 Å². The van der Waals surface area contributed by atoms with E-state index < -0.39 is 0 Å². The van der Waals surface area contributed by atoms with Crippen LogP contribution in [0.15, 0.2) is 24.3 Å². The van der Waals surface area contributed by atoms with Gasteiger partial charge < -0.3 is 5.73 Å². The fourth-order valence-electron chi connectivity index (χ4n) is 1.97. The Kier molecular flexibility index (Phi) is 2.64. The van der Waals surface area contributed by atoms with E-state index in [9.17, 15) is 4.39 Å². The highest BCUT2D eigenvalue weighted by Gasteiger charge is 2.12. The predicted octanol–water partition coefficient (Wildman–Crippen LogP) is 2.50. The summed E-state index contributed by atoms with van der Waals surface area (Å²) in [6.07, 6.45) is 5.09. The van der Waals surface area contributed by atoms with Gasteiger partial charge in [-0.3, -0.25) is 0 Å². The Balaban J connectivity index is 2.40. The molecule has 0 unspecified atom stereocenters. The molecule has 0 atom stereocenters. The van der Waals surface area contributed by atoms with Crippen LogP contribution >= 0.6 is 0 Å². The van der Waals surface area contributed by atoms with Gasteiger partial charge in [-0.15, -0.1) is 0 Å². The van der Waals surface area contributed by atoms with Crippen LogP contribution in [0.25, 0.3) is 5.57 Å². The van der Waals surface area contributed by atoms with E-state index in [1.54, 1.807) is 6.07 Å². The molecule has 0 saturated carbocycles. The smallest absolute Gasteiger partial charge is 0.123 e. The van der Waals surface area contributed by atoms with E-state index in [0.29, 0.717) is 6.54 Å². The Morgan fingerprint density at radius 1 is 1.36 bits per heavy atom. The second-order valence-electron chi connectivity index (χ2n) is 3.61. The van der Waals surface area contributed by atoms with E-state index in [-0.39, 0.29) is 5.82 Å². The van der Waals surface area contributed by atoms with Crippen molar-refractivity contribution in [2.45, 2.75) is 19.3 Å². The summed E-state index contributed by atoms with van der Waals surface area (Å²) in [6.45, 7) is 0.627. The molecule has 0 bridgehead atoms. The maximum Gasteiger partial charge on any atom is 0.123 e. The fraction of sp³-hybridized carbons (Fsp3) is 0.333. The number of rotatable bonds is 2. The Morgan fingerprint density at radius 3 is 3.00 bits per heavy atom. The second kappa shape index (κ2) is 3.93. The first-order valence-corrected chi connectivity index (χ1v) is 4.99. The monoisotopic (exact) mass is 191 g/mol. The summed E-state index contributed by atoms with van der Waals surface area (Å²) in [6, 6.07) is 5.04. The maximum absolute atomic E-state index is 13.0. The van der Waals surface area contributed by atoms with Gasteiger partial charge in [-0.25, -0.2) is 4.39 Å². The molecule has 0 spiro atoms. The fourth-order valence-corrected chi connectivity index (χ4v) is 1.97. The van der Waals surface area contributed by atoms with Crippen molar-refractivity contribution in [1.29, 1.82) is 0 Å². The summed E-state index contributed by atoms with van der Waals surface area (Å²) in [4.78, 5) is 0. The summed E-state index contributed by atoms with van der Waals surface area (Å²) >= 11 is 0. The van der Waals surface area contributed by atoms with Crippen LogP contribution < -0.4 is 5.73 Å². The van der Waals surface area contributed by atoms with Crippen LogP contribution in [0.1, 0.15) is 24.0 Å². The van der Waals surface area contributed by atoms with Gasteiger partial charge in [0.2, 0.25) is 0 Å². The zero-order valence-electron chi connectivity index (χ0n) is 8.09. The van der Waals surface area contributed by atoms with Crippen molar-refractivity contribution in [3.63, 3.8) is 0 Å². The zero-order valence-corrected chi connectivity index (χ0v) is 8.09. The number of hydrogen-bond acceptors (Lipinski definition) is 1. The van der Waals surface area contributed by atoms with Gasteiger partial charge in [-0.1, -0.05) is 12.1 Å². The van der Waals surface area contributed by atoms with Gasteiger partial charge in [-0.2, -0.15) is 0 Å². The van der Waals surface area contributed by atoms with E-state index in [1.165, 1.54) is 17.2 Å². The third-order valence-corrected chi connectivity index (χ3v) is 2.64. The number of fused-ring (bicyclic) bond motifs is 1. The highest BCUT2D eigenvalue weighted by molar-refractivity contribution is 5.70. The Hall–Kier alpha value is -1.15. The second-order valence-corrected chi connectivity index (χ2v) is 3.61. The van der Waals surface area contributed by atoms with Gasteiger partial charge in [-0.05, 0) is 54.6 Å². The van der Waals surface area contributed by atoms with Crippen molar-refractivity contribution in [2.24, 2.45) is 5.73 Å². The summed E-state index contributed by atoms with van der Waals surface area (Å²) in [5.41, 5.74) is 9.03. The lowest BCUT2D eigenvalue weighted by Crippen LogP contribution is -2.05. The molecule has 0 heterocycles. The molecule has 2 heteroatoms. The van der Waals surface area contributed by atoms with Crippen molar-refractivity contribution < 1.29 is 4.39 Å². The van der Waals surface area contributed by atoms with Crippen LogP contribution in [0.5, 0.6) is 0 Å². The topological polar surface area (TPSA) is 26.0 Å². The van der Waals surface area contributed by atoms with E-state index in [2.05, 4.69) is 6.08 Å². The van der Waals surface area contributed by atoms with Crippen molar-refractivity contribution in [3.8, 4) is 0 Å². The molecule has 14 heavy (non-hydrogen) atoms. The molecule has 1 aliphatic rings. The van der Waals surface area contributed by atoms with E-state index in [1.807, 2.05) is 6.07 Å². The summed E-state index contributed by atoms with van der Waals surface area (Å²) in [5.74, 6) is -0.159. The van der Waals surface area contributed by atoms with Crippen molar-refractivity contribution in [1.82, 2.24) is 0 Å². The molecule has 0 fully saturated rings. The molecular weight excluding hydrogens is 177 g/mol. The lowest BCUT2D eigenvalue weighted by Gasteiger charge is -2.17. The first kappa shape index (κ1) is 9.41. The quantitative estimate of drug-likeness (QED) is 0.763. The third kappa shape index (κ3) is 1.70. The Labute approximate surface area is 83.4 Å². The number of nitrogens with two attached hydrogens (primary N) is 1. The van der Waals surface area contributed by atoms with Crippen LogP contribution in [0, 0.1) is 5.82 Å². The molecule has 0 radical (unpaired) electrons. The van der Waals surface area contributed by atoms with Crippen LogP contribution in [0.4, 0.5) is 4.39 Å². The normalized spacial score (nSPS) is 14.9. The van der Waals surface area contributed by atoms with Gasteiger partial charge in [0.1, 0.15) is 5.82 Å². The Bertz CT molecular complexity index is 369. The summed E-state index contributed by atoms with van der Waals surface area (Å²) < 4.78 is 13.0. The number of benzene rings is 1. The highest BCUT2D eigenvalue weighted by Crippen LogP contribution is 2.28. The van der Waals surface area contributed by atoms with Gasteiger partial charge >= 0.3 is 0 Å². The summed E-state index contributed by atoms with van der Waals surface area (Å²) in [5, 5.41) is 0. The van der Waals surface area contributed by atoms with Crippen molar-refractivity contribution in [3.05, 3.63) is 41.2 Å². The van der Waals surface area contributed by atoms with Crippen molar-refractivity contribution >= 4 is 5.57 Å². The lowest BCUT2D eigenvalue weighted by atomic mass is 9.89. The van der Waals surface area contributed by atoms with Crippen LogP contribution in [0.2, 0.25) is 0 Å². The van der Waals surface area contributed by atoms with Crippen LogP contribution in [0.3, 0.4) is 0 Å². The van der Waals surface area contributed by atoms with Crippen LogP contribution in [-0.2, 0) is 6.42 Å². The first-order chi connectivity index (χ1) is 6.81. The molecule has 2 rings (SSSR count). The minimum absolute atomic E-state index is 0.159. The highest BCUT2D eigenvalue weighted by atomic mass is 19.1. The van der Waals surface area contributed by atoms with E-state index in [4.69, 9.17) is 5.73 Å². The molecule has 1 aromatic rings. The number of aryl methyl sites for hydroxylation is 1. The average Bonchev–Trinajstić information content (AvgIpc) is 2.19. The molecule has 1 aliphatic carbocycles. The molecule has 1 nitrogen and oxygen atoms in total. The van der Waals surface area contributed by atoms with Gasteiger partial charge in [0, 0.05) is 0 Å². The SMILES string of the molecule is NCCC1=CCCc2ccc(F)cc21. The molecule has 1 aromatic carbocycles. The first-order valence-electron chi connectivity index (χ1n) is 4.99. The molecule has 74 valence electrons. The molecule has 0 aliphatic heterocycles. The lowest BCUT2D eigenvalue weighted by molar-refractivity contribution is 0.626. The minimum Gasteiger partial charge on any atom is -0.330 e. The van der Waals surface area contributed by atoms with E-state index in [0.717, 1.165) is 24.8 Å².